The Hall–Kier alpha value is -2.22. The number of H-pyrrole nitrogens is 1. The molecule has 78 valence electrons. The van der Waals surface area contributed by atoms with Gasteiger partial charge in [0, 0.05) is 17.0 Å². The summed E-state index contributed by atoms with van der Waals surface area (Å²) in [7, 11) is 0. The number of para-hydroxylation sites is 2. The fourth-order valence-electron chi connectivity index (χ4n) is 1.72. The first-order chi connectivity index (χ1) is 7.92. The molecule has 1 heterocycles. The Labute approximate surface area is 93.5 Å². The maximum Gasteiger partial charge on any atom is 0.198 e. The highest BCUT2D eigenvalue weighted by atomic mass is 16.5. The van der Waals surface area contributed by atoms with Gasteiger partial charge in [0.05, 0.1) is 0 Å². The van der Waals surface area contributed by atoms with E-state index in [4.69, 9.17) is 4.74 Å². The van der Waals surface area contributed by atoms with Crippen molar-refractivity contribution in [3.8, 4) is 11.6 Å². The second-order valence-electron chi connectivity index (χ2n) is 3.64. The third-order valence-electron chi connectivity index (χ3n) is 2.48. The van der Waals surface area contributed by atoms with Crippen LogP contribution in [0.1, 0.15) is 0 Å². The smallest absolute Gasteiger partial charge is 0.198 e. The van der Waals surface area contributed by atoms with Crippen molar-refractivity contribution in [1.82, 2.24) is 4.98 Å². The molecule has 0 amide bonds. The van der Waals surface area contributed by atoms with E-state index in [1.165, 1.54) is 0 Å². The quantitative estimate of drug-likeness (QED) is 0.679. The fraction of sp³-hybridized carbons (Fsp3) is 0. The fourth-order valence-corrected chi connectivity index (χ4v) is 1.72. The SMILES string of the molecule is c1ccc(Oc2cc3ccccc3[nH]2)cc1. The van der Waals surface area contributed by atoms with Crippen LogP contribution in [0.4, 0.5) is 0 Å². The van der Waals surface area contributed by atoms with E-state index in [0.717, 1.165) is 22.5 Å². The lowest BCUT2D eigenvalue weighted by Gasteiger charge is -2.00. The van der Waals surface area contributed by atoms with E-state index in [1.807, 2.05) is 54.6 Å². The van der Waals surface area contributed by atoms with Crippen molar-refractivity contribution in [2.45, 2.75) is 0 Å². The third-order valence-corrected chi connectivity index (χ3v) is 2.48. The average Bonchev–Trinajstić information content (AvgIpc) is 2.72. The van der Waals surface area contributed by atoms with Crippen LogP contribution in [0.15, 0.2) is 60.7 Å². The molecule has 2 heteroatoms. The highest BCUT2D eigenvalue weighted by molar-refractivity contribution is 5.81. The van der Waals surface area contributed by atoms with Crippen LogP contribution in [0, 0.1) is 0 Å². The molecule has 0 aliphatic carbocycles. The van der Waals surface area contributed by atoms with Crippen LogP contribution in [0.3, 0.4) is 0 Å². The number of aromatic amines is 1. The van der Waals surface area contributed by atoms with Crippen LogP contribution in [0.25, 0.3) is 10.9 Å². The summed E-state index contributed by atoms with van der Waals surface area (Å²) in [5.74, 6) is 1.61. The van der Waals surface area contributed by atoms with E-state index in [9.17, 15) is 0 Å². The first-order valence-corrected chi connectivity index (χ1v) is 5.22. The molecule has 0 spiro atoms. The van der Waals surface area contributed by atoms with E-state index < -0.39 is 0 Å². The van der Waals surface area contributed by atoms with Gasteiger partial charge in [0.25, 0.3) is 0 Å². The van der Waals surface area contributed by atoms with Crippen LogP contribution in [-0.4, -0.2) is 4.98 Å². The van der Waals surface area contributed by atoms with Crippen molar-refractivity contribution < 1.29 is 4.74 Å². The second kappa shape index (κ2) is 3.74. The lowest BCUT2D eigenvalue weighted by molar-refractivity contribution is 0.467. The molecule has 0 saturated carbocycles. The van der Waals surface area contributed by atoms with Crippen LogP contribution in [-0.2, 0) is 0 Å². The standard InChI is InChI=1S/C14H11NO/c1-2-7-12(8-3-1)16-14-10-11-6-4-5-9-13(11)15-14/h1-10,15H. The number of nitrogens with one attached hydrogen (secondary N) is 1. The van der Waals surface area contributed by atoms with E-state index in [0.29, 0.717) is 0 Å². The minimum Gasteiger partial charge on any atom is -0.441 e. The van der Waals surface area contributed by atoms with Gasteiger partial charge in [-0.25, -0.2) is 0 Å². The van der Waals surface area contributed by atoms with Crippen molar-refractivity contribution in [2.24, 2.45) is 0 Å². The number of ether oxygens (including phenoxy) is 1. The summed E-state index contributed by atoms with van der Waals surface area (Å²) in [6.07, 6.45) is 0. The van der Waals surface area contributed by atoms with Crippen molar-refractivity contribution in [2.75, 3.05) is 0 Å². The molecular formula is C14H11NO. The number of aromatic nitrogens is 1. The predicted octanol–water partition coefficient (Wildman–Crippen LogP) is 3.96. The minimum atomic E-state index is 0.771. The molecule has 2 nitrogen and oxygen atoms in total. The monoisotopic (exact) mass is 209 g/mol. The molecule has 0 unspecified atom stereocenters. The molecule has 0 aliphatic heterocycles. The summed E-state index contributed by atoms with van der Waals surface area (Å²) >= 11 is 0. The van der Waals surface area contributed by atoms with Crippen molar-refractivity contribution in [3.05, 3.63) is 60.7 Å². The Bertz CT molecular complexity index is 565. The van der Waals surface area contributed by atoms with Gasteiger partial charge in [0.1, 0.15) is 5.75 Å². The van der Waals surface area contributed by atoms with Gasteiger partial charge < -0.3 is 9.72 Å². The molecular weight excluding hydrogens is 198 g/mol. The van der Waals surface area contributed by atoms with E-state index in [2.05, 4.69) is 11.1 Å². The highest BCUT2D eigenvalue weighted by Gasteiger charge is 2.01. The summed E-state index contributed by atoms with van der Waals surface area (Å²) in [6.45, 7) is 0. The lowest BCUT2D eigenvalue weighted by Crippen LogP contribution is -1.82. The molecule has 3 aromatic rings. The largest absolute Gasteiger partial charge is 0.441 e. The summed E-state index contributed by atoms with van der Waals surface area (Å²) in [6, 6.07) is 19.9. The summed E-state index contributed by atoms with van der Waals surface area (Å²) in [5, 5.41) is 1.16. The van der Waals surface area contributed by atoms with E-state index in [1.54, 1.807) is 0 Å². The molecule has 0 atom stereocenters. The maximum atomic E-state index is 5.71. The molecule has 0 saturated heterocycles. The maximum absolute atomic E-state index is 5.71. The van der Waals surface area contributed by atoms with Gasteiger partial charge in [-0.05, 0) is 18.2 Å². The molecule has 0 fully saturated rings. The minimum absolute atomic E-state index is 0.771. The van der Waals surface area contributed by atoms with Gasteiger partial charge in [0.2, 0.25) is 0 Å². The summed E-state index contributed by atoms with van der Waals surface area (Å²) < 4.78 is 5.71. The van der Waals surface area contributed by atoms with Crippen molar-refractivity contribution in [1.29, 1.82) is 0 Å². The highest BCUT2D eigenvalue weighted by Crippen LogP contribution is 2.24. The molecule has 3 rings (SSSR count). The molecule has 1 aromatic heterocycles. The van der Waals surface area contributed by atoms with Crippen molar-refractivity contribution in [3.63, 3.8) is 0 Å². The van der Waals surface area contributed by atoms with Crippen LogP contribution < -0.4 is 4.74 Å². The molecule has 0 aliphatic rings. The van der Waals surface area contributed by atoms with Gasteiger partial charge in [0.15, 0.2) is 5.88 Å². The molecule has 2 aromatic carbocycles. The zero-order chi connectivity index (χ0) is 10.8. The predicted molar refractivity (Wildman–Crippen MR) is 64.8 cm³/mol. The van der Waals surface area contributed by atoms with Crippen LogP contribution >= 0.6 is 0 Å². The lowest BCUT2D eigenvalue weighted by atomic mass is 10.3. The van der Waals surface area contributed by atoms with Crippen LogP contribution in [0.5, 0.6) is 11.6 Å². The van der Waals surface area contributed by atoms with E-state index in [-0.39, 0.29) is 0 Å². The Balaban J connectivity index is 1.95. The van der Waals surface area contributed by atoms with Gasteiger partial charge in [-0.15, -0.1) is 0 Å². The topological polar surface area (TPSA) is 25.0 Å². The van der Waals surface area contributed by atoms with Crippen molar-refractivity contribution >= 4 is 10.9 Å². The van der Waals surface area contributed by atoms with Gasteiger partial charge in [-0.1, -0.05) is 36.4 Å². The van der Waals surface area contributed by atoms with Gasteiger partial charge in [-0.3, -0.25) is 0 Å². The summed E-state index contributed by atoms with van der Waals surface area (Å²) in [5.41, 5.74) is 1.09. The van der Waals surface area contributed by atoms with Gasteiger partial charge >= 0.3 is 0 Å². The number of hydrogen-bond acceptors (Lipinski definition) is 1. The average molecular weight is 209 g/mol. The molecule has 0 bridgehead atoms. The summed E-state index contributed by atoms with van der Waals surface area (Å²) in [4.78, 5) is 3.22. The first kappa shape index (κ1) is 9.04. The molecule has 16 heavy (non-hydrogen) atoms. The Morgan fingerprint density at radius 1 is 0.812 bits per heavy atom. The zero-order valence-electron chi connectivity index (χ0n) is 8.68. The Morgan fingerprint density at radius 3 is 2.38 bits per heavy atom. The number of hydrogen-bond donors (Lipinski definition) is 1. The first-order valence-electron chi connectivity index (χ1n) is 5.22. The normalized spacial score (nSPS) is 10.5. The Kier molecular flexibility index (Phi) is 2.11. The van der Waals surface area contributed by atoms with E-state index >= 15 is 0 Å². The number of rotatable bonds is 2. The second-order valence-corrected chi connectivity index (χ2v) is 3.64. The number of benzene rings is 2. The molecule has 1 N–H and O–H groups in total. The van der Waals surface area contributed by atoms with Gasteiger partial charge in [-0.2, -0.15) is 0 Å². The van der Waals surface area contributed by atoms with Crippen LogP contribution in [0.2, 0.25) is 0 Å². The number of fused-ring (bicyclic) bond motifs is 1. The molecule has 0 radical (unpaired) electrons. The third kappa shape index (κ3) is 1.65. The Morgan fingerprint density at radius 2 is 1.56 bits per heavy atom. The zero-order valence-corrected chi connectivity index (χ0v) is 8.68.